The van der Waals surface area contributed by atoms with E-state index >= 15 is 0 Å². The maximum Gasteiger partial charge on any atom is 0.435 e. The summed E-state index contributed by atoms with van der Waals surface area (Å²) in [6.45, 7) is 3.99. The molecular formula is C25H23ClF6N2O2. The molecule has 1 saturated carbocycles. The number of nitrogens with zero attached hydrogens (tertiary/aromatic N) is 1. The molecule has 2 aliphatic rings. The van der Waals surface area contributed by atoms with Crippen LogP contribution in [0.4, 0.5) is 26.3 Å². The number of oxime groups is 1. The van der Waals surface area contributed by atoms with Gasteiger partial charge in [-0.1, -0.05) is 22.8 Å². The number of carbonyl (C=O) groups excluding carboxylic acids is 1. The van der Waals surface area contributed by atoms with Crippen LogP contribution < -0.4 is 5.32 Å². The van der Waals surface area contributed by atoms with Crippen LogP contribution in [0.15, 0.2) is 41.6 Å². The molecule has 0 unspecified atom stereocenters. The zero-order valence-electron chi connectivity index (χ0n) is 19.6. The van der Waals surface area contributed by atoms with Gasteiger partial charge in [-0.3, -0.25) is 4.79 Å². The summed E-state index contributed by atoms with van der Waals surface area (Å²) in [6.07, 6.45) is -6.49. The Hall–Kier alpha value is -2.75. The first kappa shape index (κ1) is 26.3. The Labute approximate surface area is 208 Å². The van der Waals surface area contributed by atoms with Gasteiger partial charge in [0.15, 0.2) is 0 Å². The minimum Gasteiger partial charge on any atom is -0.374 e. The number of benzene rings is 2. The van der Waals surface area contributed by atoms with Crippen molar-refractivity contribution in [3.05, 3.63) is 69.2 Å². The van der Waals surface area contributed by atoms with Crippen LogP contribution in [0.3, 0.4) is 0 Å². The van der Waals surface area contributed by atoms with E-state index in [4.69, 9.17) is 16.4 Å². The first-order chi connectivity index (χ1) is 16.5. The maximum atomic E-state index is 14.5. The first-order valence-corrected chi connectivity index (χ1v) is 11.5. The SMILES string of the molecule is Cc1cc(C2=NO[C@](c3cc(Cl)cc(C(C)(C)F)c3)(C(F)(F)F)C2)ccc1C(=O)NC1CC(F)(F)C1. The fourth-order valence-corrected chi connectivity index (χ4v) is 4.58. The minimum atomic E-state index is -4.92. The Morgan fingerprint density at radius 1 is 1.11 bits per heavy atom. The van der Waals surface area contributed by atoms with E-state index in [2.05, 4.69) is 10.5 Å². The second-order valence-corrected chi connectivity index (χ2v) is 10.2. The van der Waals surface area contributed by atoms with E-state index in [1.807, 2.05) is 0 Å². The number of amides is 1. The number of hydrogen-bond acceptors (Lipinski definition) is 3. The summed E-state index contributed by atoms with van der Waals surface area (Å²) in [6, 6.07) is 7.06. The van der Waals surface area contributed by atoms with Crippen LogP contribution in [0.5, 0.6) is 0 Å². The fourth-order valence-electron chi connectivity index (χ4n) is 4.35. The highest BCUT2D eigenvalue weighted by molar-refractivity contribution is 6.30. The van der Waals surface area contributed by atoms with Crippen molar-refractivity contribution in [3.8, 4) is 0 Å². The number of rotatable bonds is 5. The molecule has 4 nitrogen and oxygen atoms in total. The lowest BCUT2D eigenvalue weighted by Crippen LogP contribution is -2.50. The number of alkyl halides is 6. The van der Waals surface area contributed by atoms with Gasteiger partial charge in [-0.15, -0.1) is 0 Å². The molecule has 1 heterocycles. The molecule has 0 saturated heterocycles. The molecule has 0 aromatic heterocycles. The van der Waals surface area contributed by atoms with Crippen molar-refractivity contribution < 1.29 is 36.0 Å². The van der Waals surface area contributed by atoms with Gasteiger partial charge in [0, 0.05) is 41.5 Å². The molecular weight excluding hydrogens is 510 g/mol. The van der Waals surface area contributed by atoms with Crippen LogP contribution in [-0.4, -0.2) is 29.8 Å². The molecule has 1 atom stereocenters. The molecule has 4 rings (SSSR count). The Morgan fingerprint density at radius 3 is 2.33 bits per heavy atom. The number of carbonyl (C=O) groups is 1. The number of hydrogen-bond donors (Lipinski definition) is 1. The second kappa shape index (κ2) is 8.68. The van der Waals surface area contributed by atoms with Gasteiger partial charge < -0.3 is 10.2 Å². The Bertz CT molecular complexity index is 1230. The summed E-state index contributed by atoms with van der Waals surface area (Å²) >= 11 is 6.03. The van der Waals surface area contributed by atoms with Crippen molar-refractivity contribution >= 4 is 23.2 Å². The molecule has 1 fully saturated rings. The molecule has 2 aromatic carbocycles. The molecule has 36 heavy (non-hydrogen) atoms. The zero-order chi connectivity index (χ0) is 26.7. The molecule has 1 N–H and O–H groups in total. The van der Waals surface area contributed by atoms with E-state index < -0.39 is 54.6 Å². The summed E-state index contributed by atoms with van der Waals surface area (Å²) < 4.78 is 83.7. The van der Waals surface area contributed by atoms with Crippen molar-refractivity contribution in [1.82, 2.24) is 5.32 Å². The average molecular weight is 533 g/mol. The van der Waals surface area contributed by atoms with Crippen LogP contribution in [0.1, 0.15) is 65.7 Å². The summed E-state index contributed by atoms with van der Waals surface area (Å²) in [5, 5.41) is 6.15. The lowest BCUT2D eigenvalue weighted by atomic mass is 9.84. The number of halogens is 7. The van der Waals surface area contributed by atoms with Gasteiger partial charge in [-0.2, -0.15) is 13.2 Å². The molecule has 1 aliphatic heterocycles. The predicted octanol–water partition coefficient (Wildman–Crippen LogP) is 6.96. The normalized spacial score (nSPS) is 22.0. The van der Waals surface area contributed by atoms with Crippen molar-refractivity contribution in [2.24, 2.45) is 5.16 Å². The topological polar surface area (TPSA) is 50.7 Å². The van der Waals surface area contributed by atoms with E-state index in [0.717, 1.165) is 12.1 Å². The molecule has 0 spiro atoms. The van der Waals surface area contributed by atoms with Crippen LogP contribution in [0.25, 0.3) is 0 Å². The van der Waals surface area contributed by atoms with Gasteiger partial charge in [-0.25, -0.2) is 13.2 Å². The van der Waals surface area contributed by atoms with Gasteiger partial charge in [0.2, 0.25) is 0 Å². The van der Waals surface area contributed by atoms with Crippen LogP contribution in [-0.2, 0) is 16.1 Å². The minimum absolute atomic E-state index is 0.0259. The first-order valence-electron chi connectivity index (χ1n) is 11.1. The third kappa shape index (κ3) is 4.92. The Morgan fingerprint density at radius 2 is 1.78 bits per heavy atom. The summed E-state index contributed by atoms with van der Waals surface area (Å²) in [4.78, 5) is 17.5. The van der Waals surface area contributed by atoms with Gasteiger partial charge in [0.05, 0.1) is 5.71 Å². The average Bonchev–Trinajstić information content (AvgIpc) is 3.18. The number of aryl methyl sites for hydroxylation is 1. The van der Waals surface area contributed by atoms with Crippen LogP contribution in [0, 0.1) is 6.92 Å². The van der Waals surface area contributed by atoms with Gasteiger partial charge in [-0.05, 0) is 67.8 Å². The highest BCUT2D eigenvalue weighted by atomic mass is 35.5. The lowest BCUT2D eigenvalue weighted by molar-refractivity contribution is -0.275. The zero-order valence-corrected chi connectivity index (χ0v) is 20.3. The highest BCUT2D eigenvalue weighted by Crippen LogP contribution is 2.50. The summed E-state index contributed by atoms with van der Waals surface area (Å²) in [5.74, 6) is -3.33. The monoisotopic (exact) mass is 532 g/mol. The van der Waals surface area contributed by atoms with Gasteiger partial charge in [0.1, 0.15) is 5.67 Å². The van der Waals surface area contributed by atoms with Crippen LogP contribution >= 0.6 is 11.6 Å². The summed E-state index contributed by atoms with van der Waals surface area (Å²) in [7, 11) is 0. The summed E-state index contributed by atoms with van der Waals surface area (Å²) in [5.41, 5.74) is -4.36. The Kier molecular flexibility index (Phi) is 6.34. The Balaban J connectivity index is 1.60. The van der Waals surface area contributed by atoms with Crippen molar-refractivity contribution in [3.63, 3.8) is 0 Å². The van der Waals surface area contributed by atoms with E-state index in [9.17, 15) is 31.1 Å². The third-order valence-corrected chi connectivity index (χ3v) is 6.68. The standard InChI is InChI=1S/C25H23ClF6N2O2/c1-13-6-14(4-5-19(13)21(35)33-18-10-23(28,29)11-18)20-12-24(36-34-20,25(30,31)32)16-7-15(22(2,3)27)8-17(26)9-16/h4-9,18H,10-12H2,1-3H3,(H,33,35)/t24-/m1/s1. The highest BCUT2D eigenvalue weighted by Gasteiger charge is 2.62. The smallest absolute Gasteiger partial charge is 0.374 e. The van der Waals surface area contributed by atoms with E-state index in [1.165, 1.54) is 38.1 Å². The molecule has 194 valence electrons. The maximum absolute atomic E-state index is 14.5. The quantitative estimate of drug-likeness (QED) is 0.423. The van der Waals surface area contributed by atoms with E-state index in [1.54, 1.807) is 6.92 Å². The third-order valence-electron chi connectivity index (χ3n) is 6.47. The van der Waals surface area contributed by atoms with Crippen molar-refractivity contribution in [2.45, 2.75) is 69.4 Å². The number of nitrogens with one attached hydrogen (secondary N) is 1. The van der Waals surface area contributed by atoms with Gasteiger partial charge in [0.25, 0.3) is 17.4 Å². The van der Waals surface area contributed by atoms with E-state index in [-0.39, 0.29) is 27.4 Å². The molecule has 1 amide bonds. The molecule has 1 aliphatic carbocycles. The molecule has 0 radical (unpaired) electrons. The molecule has 11 heteroatoms. The largest absolute Gasteiger partial charge is 0.435 e. The van der Waals surface area contributed by atoms with Crippen molar-refractivity contribution in [2.75, 3.05) is 0 Å². The fraction of sp³-hybridized carbons (Fsp3) is 0.440. The van der Waals surface area contributed by atoms with Crippen molar-refractivity contribution in [1.29, 1.82) is 0 Å². The predicted molar refractivity (Wildman–Crippen MR) is 122 cm³/mol. The van der Waals surface area contributed by atoms with Gasteiger partial charge >= 0.3 is 6.18 Å². The van der Waals surface area contributed by atoms with E-state index in [0.29, 0.717) is 11.1 Å². The lowest BCUT2D eigenvalue weighted by Gasteiger charge is -2.35. The molecule has 2 aromatic rings. The second-order valence-electron chi connectivity index (χ2n) is 9.80. The van der Waals surface area contributed by atoms with Crippen LogP contribution in [0.2, 0.25) is 5.02 Å². The molecule has 0 bridgehead atoms.